The first-order chi connectivity index (χ1) is 12.9. The summed E-state index contributed by atoms with van der Waals surface area (Å²) in [4.78, 5) is 15.0. The van der Waals surface area contributed by atoms with Crippen LogP contribution in [0.4, 0.5) is 11.4 Å². The van der Waals surface area contributed by atoms with Gasteiger partial charge in [-0.2, -0.15) is 0 Å². The van der Waals surface area contributed by atoms with Crippen molar-refractivity contribution >= 4 is 28.9 Å². The SMILES string of the molecule is COc1ccc(N2C(=O)[C@@](O)(c3ccc(C)cc3)c3cc(Cl)ccc32)cc1. The molecule has 0 saturated heterocycles. The molecule has 0 bridgehead atoms. The molecular formula is C22H18ClNO3. The van der Waals surface area contributed by atoms with E-state index in [2.05, 4.69) is 0 Å². The van der Waals surface area contributed by atoms with E-state index in [4.69, 9.17) is 16.3 Å². The van der Waals surface area contributed by atoms with Gasteiger partial charge in [-0.1, -0.05) is 41.4 Å². The minimum absolute atomic E-state index is 0.436. The number of halogens is 1. The zero-order valence-corrected chi connectivity index (χ0v) is 15.7. The molecule has 1 atom stereocenters. The number of carbonyl (C=O) groups is 1. The van der Waals surface area contributed by atoms with Crippen molar-refractivity contribution in [2.75, 3.05) is 12.0 Å². The second-order valence-corrected chi connectivity index (χ2v) is 7.01. The molecule has 5 heteroatoms. The number of hydrogen-bond acceptors (Lipinski definition) is 3. The number of benzene rings is 3. The minimum Gasteiger partial charge on any atom is -0.497 e. The number of methoxy groups -OCH3 is 1. The van der Waals surface area contributed by atoms with E-state index in [-0.39, 0.29) is 0 Å². The maximum Gasteiger partial charge on any atom is 0.273 e. The van der Waals surface area contributed by atoms with Crippen LogP contribution >= 0.6 is 11.6 Å². The Kier molecular flexibility index (Phi) is 4.17. The molecule has 0 aromatic heterocycles. The first-order valence-corrected chi connectivity index (χ1v) is 8.91. The van der Waals surface area contributed by atoms with Crippen LogP contribution in [0.3, 0.4) is 0 Å². The summed E-state index contributed by atoms with van der Waals surface area (Å²) in [6, 6.07) is 19.6. The summed E-state index contributed by atoms with van der Waals surface area (Å²) < 4.78 is 5.20. The molecule has 136 valence electrons. The van der Waals surface area contributed by atoms with Crippen LogP contribution in [0.2, 0.25) is 5.02 Å². The van der Waals surface area contributed by atoms with Gasteiger partial charge in [0.15, 0.2) is 5.60 Å². The Labute approximate surface area is 162 Å². The lowest BCUT2D eigenvalue weighted by molar-refractivity contribution is -0.131. The van der Waals surface area contributed by atoms with Crippen molar-refractivity contribution in [3.05, 3.63) is 88.4 Å². The maximum absolute atomic E-state index is 13.4. The Morgan fingerprint density at radius 1 is 1.00 bits per heavy atom. The summed E-state index contributed by atoms with van der Waals surface area (Å²) in [6.45, 7) is 1.96. The van der Waals surface area contributed by atoms with Crippen molar-refractivity contribution in [2.24, 2.45) is 0 Å². The van der Waals surface area contributed by atoms with Crippen LogP contribution in [0.5, 0.6) is 5.75 Å². The van der Waals surface area contributed by atoms with E-state index >= 15 is 0 Å². The van der Waals surface area contributed by atoms with Crippen LogP contribution in [0, 0.1) is 6.92 Å². The first-order valence-electron chi connectivity index (χ1n) is 8.53. The number of aryl methyl sites for hydroxylation is 1. The van der Waals surface area contributed by atoms with E-state index in [1.165, 1.54) is 4.90 Å². The third-order valence-corrected chi connectivity index (χ3v) is 5.14. The quantitative estimate of drug-likeness (QED) is 0.725. The van der Waals surface area contributed by atoms with E-state index in [9.17, 15) is 9.90 Å². The fourth-order valence-electron chi connectivity index (χ4n) is 3.44. The molecule has 0 fully saturated rings. The smallest absolute Gasteiger partial charge is 0.273 e. The normalized spacial score (nSPS) is 18.5. The van der Waals surface area contributed by atoms with Crippen LogP contribution < -0.4 is 9.64 Å². The molecule has 0 saturated carbocycles. The van der Waals surface area contributed by atoms with Gasteiger partial charge in [-0.3, -0.25) is 9.69 Å². The third kappa shape index (κ3) is 2.69. The number of rotatable bonds is 3. The Bertz CT molecular complexity index is 1010. The van der Waals surface area contributed by atoms with Gasteiger partial charge in [-0.25, -0.2) is 0 Å². The molecule has 1 aliphatic rings. The molecule has 3 aromatic rings. The van der Waals surface area contributed by atoms with Crippen LogP contribution in [0.1, 0.15) is 16.7 Å². The van der Waals surface area contributed by atoms with Gasteiger partial charge in [-0.05, 0) is 55.0 Å². The lowest BCUT2D eigenvalue weighted by Gasteiger charge is -2.24. The van der Waals surface area contributed by atoms with Gasteiger partial charge in [0.1, 0.15) is 5.75 Å². The number of carbonyl (C=O) groups excluding carboxylic acids is 1. The second kappa shape index (κ2) is 6.41. The summed E-state index contributed by atoms with van der Waals surface area (Å²) in [5, 5.41) is 12.0. The molecule has 1 aliphatic heterocycles. The Hall–Kier alpha value is -2.82. The maximum atomic E-state index is 13.4. The highest BCUT2D eigenvalue weighted by Crippen LogP contribution is 2.48. The van der Waals surface area contributed by atoms with Crippen molar-refractivity contribution in [1.29, 1.82) is 0 Å². The predicted octanol–water partition coefficient (Wildman–Crippen LogP) is 4.57. The highest BCUT2D eigenvalue weighted by Gasteiger charge is 2.51. The number of ether oxygens (including phenoxy) is 1. The van der Waals surface area contributed by atoms with Gasteiger partial charge in [-0.15, -0.1) is 0 Å². The van der Waals surface area contributed by atoms with Crippen molar-refractivity contribution in [3.8, 4) is 5.75 Å². The number of aliphatic hydroxyl groups is 1. The highest BCUT2D eigenvalue weighted by atomic mass is 35.5. The van der Waals surface area contributed by atoms with Crippen LogP contribution in [-0.2, 0) is 10.4 Å². The fraction of sp³-hybridized carbons (Fsp3) is 0.136. The summed E-state index contributed by atoms with van der Waals surface area (Å²) in [7, 11) is 1.59. The first kappa shape index (κ1) is 17.6. The molecule has 1 N–H and O–H groups in total. The molecule has 3 aromatic carbocycles. The predicted molar refractivity (Wildman–Crippen MR) is 106 cm³/mol. The van der Waals surface area contributed by atoms with Crippen molar-refractivity contribution in [1.82, 2.24) is 0 Å². The average Bonchev–Trinajstić information content (AvgIpc) is 2.90. The van der Waals surface area contributed by atoms with Gasteiger partial charge in [0.2, 0.25) is 0 Å². The molecule has 0 aliphatic carbocycles. The Balaban J connectivity index is 1.91. The Morgan fingerprint density at radius 2 is 1.67 bits per heavy atom. The van der Waals surface area contributed by atoms with Crippen molar-refractivity contribution in [2.45, 2.75) is 12.5 Å². The molecule has 4 nitrogen and oxygen atoms in total. The average molecular weight is 380 g/mol. The lowest BCUT2D eigenvalue weighted by Crippen LogP contribution is -2.39. The van der Waals surface area contributed by atoms with Crippen LogP contribution in [-0.4, -0.2) is 18.1 Å². The zero-order chi connectivity index (χ0) is 19.2. The van der Waals surface area contributed by atoms with E-state index in [0.717, 1.165) is 5.56 Å². The van der Waals surface area contributed by atoms with Crippen molar-refractivity contribution < 1.29 is 14.6 Å². The zero-order valence-electron chi connectivity index (χ0n) is 14.9. The summed E-state index contributed by atoms with van der Waals surface area (Å²) in [5.41, 5.74) is 1.49. The molecule has 0 unspecified atom stereocenters. The number of nitrogens with zero attached hydrogens (tertiary/aromatic N) is 1. The van der Waals surface area contributed by atoms with Gasteiger partial charge in [0.25, 0.3) is 5.91 Å². The molecule has 27 heavy (non-hydrogen) atoms. The molecule has 0 radical (unpaired) electrons. The standard InChI is InChI=1S/C22H18ClNO3/c1-14-3-5-15(6-4-14)22(26)19-13-16(23)7-12-20(19)24(21(22)25)17-8-10-18(27-2)11-9-17/h3-13,26H,1-2H3/t22-/m1/s1. The number of amides is 1. The fourth-order valence-corrected chi connectivity index (χ4v) is 3.61. The van der Waals surface area contributed by atoms with Gasteiger partial charge < -0.3 is 9.84 Å². The topological polar surface area (TPSA) is 49.8 Å². The van der Waals surface area contributed by atoms with E-state index < -0.39 is 11.5 Å². The van der Waals surface area contributed by atoms with Crippen molar-refractivity contribution in [3.63, 3.8) is 0 Å². The second-order valence-electron chi connectivity index (χ2n) is 6.58. The lowest BCUT2D eigenvalue weighted by atomic mass is 9.87. The van der Waals surface area contributed by atoms with Gasteiger partial charge >= 0.3 is 0 Å². The molecule has 4 rings (SSSR count). The Morgan fingerprint density at radius 3 is 2.30 bits per heavy atom. The number of anilines is 2. The van der Waals surface area contributed by atoms with Gasteiger partial charge in [0, 0.05) is 16.3 Å². The van der Waals surface area contributed by atoms with E-state index in [0.29, 0.717) is 33.3 Å². The van der Waals surface area contributed by atoms with E-state index in [1.54, 1.807) is 61.7 Å². The molecular weight excluding hydrogens is 362 g/mol. The molecule has 1 heterocycles. The number of fused-ring (bicyclic) bond motifs is 1. The summed E-state index contributed by atoms with van der Waals surface area (Å²) in [5.74, 6) is 0.254. The summed E-state index contributed by atoms with van der Waals surface area (Å²) in [6.07, 6.45) is 0. The number of hydrogen-bond donors (Lipinski definition) is 1. The van der Waals surface area contributed by atoms with E-state index in [1.807, 2.05) is 19.1 Å². The van der Waals surface area contributed by atoms with Crippen LogP contribution in [0.25, 0.3) is 0 Å². The third-order valence-electron chi connectivity index (χ3n) is 4.90. The monoisotopic (exact) mass is 379 g/mol. The summed E-state index contributed by atoms with van der Waals surface area (Å²) >= 11 is 6.19. The van der Waals surface area contributed by atoms with Crippen LogP contribution in [0.15, 0.2) is 66.7 Å². The van der Waals surface area contributed by atoms with Gasteiger partial charge in [0.05, 0.1) is 12.8 Å². The molecule has 1 amide bonds. The largest absolute Gasteiger partial charge is 0.497 e. The molecule has 0 spiro atoms. The minimum atomic E-state index is -1.80. The highest BCUT2D eigenvalue weighted by molar-refractivity contribution is 6.31.